The minimum atomic E-state index is -10.7. The molecule has 2 rings (SSSR count). The summed E-state index contributed by atoms with van der Waals surface area (Å²) >= 11 is 0. The normalized spacial score (nSPS) is 20.1. The largest absolute Gasteiger partial charge is 0 e. The van der Waals surface area contributed by atoms with Crippen LogP contribution in [-0.2, 0) is 19.5 Å². The van der Waals surface area contributed by atoms with Crippen LogP contribution in [0.3, 0.4) is 0 Å². The fourth-order valence-electron chi connectivity index (χ4n) is 1.71. The van der Waals surface area contributed by atoms with E-state index >= 15 is 0 Å². The molecule has 0 aromatic carbocycles. The molecule has 0 saturated heterocycles. The van der Waals surface area contributed by atoms with E-state index in [1.807, 2.05) is 0 Å². The van der Waals surface area contributed by atoms with Crippen molar-refractivity contribution in [3.05, 3.63) is 48.6 Å². The van der Waals surface area contributed by atoms with Crippen molar-refractivity contribution in [3.8, 4) is 0 Å². The van der Waals surface area contributed by atoms with E-state index in [2.05, 4.69) is 48.6 Å². The third kappa shape index (κ3) is 37.7. The fraction of sp³-hybridized carbons (Fsp3) is 0.500. The monoisotopic (exact) mass is 464 g/mol. The maximum Gasteiger partial charge on any atom is 0 e. The molecule has 0 nitrogen and oxygen atoms in total. The van der Waals surface area contributed by atoms with Crippen molar-refractivity contribution in [1.82, 2.24) is 0 Å². The summed E-state index contributed by atoms with van der Waals surface area (Å²) in [4.78, 5) is 0. The van der Waals surface area contributed by atoms with E-state index in [0.29, 0.717) is 0 Å². The van der Waals surface area contributed by atoms with Gasteiger partial charge >= 0.3 is 33.0 Å². The first-order valence-electron chi connectivity index (χ1n) is 7.61. The van der Waals surface area contributed by atoms with Gasteiger partial charge in [-0.3, -0.25) is 0 Å². The van der Waals surface area contributed by atoms with Crippen LogP contribution in [0.2, 0.25) is 0 Å². The molecule has 0 aromatic heterocycles. The Morgan fingerprint density at radius 3 is 0.542 bits per heavy atom. The van der Waals surface area contributed by atoms with Gasteiger partial charge < -0.3 is 0 Å². The Morgan fingerprint density at radius 1 is 0.375 bits per heavy atom. The summed E-state index contributed by atoms with van der Waals surface area (Å²) in [5, 5.41) is 0. The minimum absolute atomic E-state index is 0. The molecule has 0 fully saturated rings. The number of rotatable bonds is 0. The fourth-order valence-corrected chi connectivity index (χ4v) is 1.71. The molecule has 24 heavy (non-hydrogen) atoms. The number of halogens is 6. The predicted molar refractivity (Wildman–Crippen MR) is 87.1 cm³/mol. The molecular weight excluding hydrogens is 440 g/mol. The van der Waals surface area contributed by atoms with Gasteiger partial charge in [0, 0.05) is 19.5 Å². The Morgan fingerprint density at radius 2 is 0.458 bits per heavy atom. The quantitative estimate of drug-likeness (QED) is 0.146. The zero-order valence-electron chi connectivity index (χ0n) is 13.3. The second-order valence-electron chi connectivity index (χ2n) is 5.15. The Kier molecular flexibility index (Phi) is 12.1. The standard InChI is InChI=1S/2C8H12.F6P.Rh/c2*1-2-4-6-8-7-5-3-1;1-7(2,3,4,5)6;/h2*1-2,7-8H,3-6H2;;/q;;-1;. The van der Waals surface area contributed by atoms with Crippen molar-refractivity contribution in [2.75, 3.05) is 0 Å². The number of allylic oxidation sites excluding steroid dienone is 8. The van der Waals surface area contributed by atoms with Gasteiger partial charge in [0.05, 0.1) is 0 Å². The van der Waals surface area contributed by atoms with Gasteiger partial charge in [-0.2, -0.15) is 0 Å². The summed E-state index contributed by atoms with van der Waals surface area (Å²) in [5.74, 6) is 0. The molecule has 0 spiro atoms. The first-order valence-corrected chi connectivity index (χ1v) is 9.64. The summed E-state index contributed by atoms with van der Waals surface area (Å²) in [5.41, 5.74) is 0. The summed E-state index contributed by atoms with van der Waals surface area (Å²) in [7, 11) is -10.7. The zero-order valence-corrected chi connectivity index (χ0v) is 15.9. The van der Waals surface area contributed by atoms with Crippen molar-refractivity contribution in [3.63, 3.8) is 0 Å². The van der Waals surface area contributed by atoms with Crippen LogP contribution in [0.4, 0.5) is 25.2 Å². The van der Waals surface area contributed by atoms with Gasteiger partial charge in [0.25, 0.3) is 0 Å². The molecule has 0 unspecified atom stereocenters. The third-order valence-corrected chi connectivity index (χ3v) is 2.67. The van der Waals surface area contributed by atoms with Crippen molar-refractivity contribution >= 4 is 7.81 Å². The predicted octanol–water partition coefficient (Wildman–Crippen LogP) is 8.73. The van der Waals surface area contributed by atoms with Crippen LogP contribution in [0.1, 0.15) is 51.4 Å². The Bertz CT molecular complexity index is 343. The molecule has 0 amide bonds. The maximum atomic E-state index is 9.87. The molecule has 1 radical (unpaired) electrons. The molecule has 0 bridgehead atoms. The Labute approximate surface area is 152 Å². The van der Waals surface area contributed by atoms with Crippen LogP contribution in [0.5, 0.6) is 0 Å². The molecule has 0 aromatic rings. The van der Waals surface area contributed by atoms with Gasteiger partial charge in [-0.25, -0.2) is 0 Å². The van der Waals surface area contributed by atoms with Crippen LogP contribution < -0.4 is 0 Å². The molecule has 0 N–H and O–H groups in total. The summed E-state index contributed by atoms with van der Waals surface area (Å²) in [6.45, 7) is 0. The van der Waals surface area contributed by atoms with Crippen LogP contribution in [0.25, 0.3) is 0 Å². The number of hydrogen-bond donors (Lipinski definition) is 0. The van der Waals surface area contributed by atoms with Crippen LogP contribution in [0, 0.1) is 0 Å². The smallest absolute Gasteiger partial charge is 0 e. The molecule has 145 valence electrons. The molecule has 0 aliphatic heterocycles. The van der Waals surface area contributed by atoms with E-state index in [1.165, 1.54) is 51.4 Å². The average molecular weight is 464 g/mol. The molecule has 2 aliphatic rings. The Hall–Kier alpha value is -0.407. The third-order valence-electron chi connectivity index (χ3n) is 2.67. The van der Waals surface area contributed by atoms with Crippen LogP contribution >= 0.6 is 7.81 Å². The van der Waals surface area contributed by atoms with E-state index in [1.54, 1.807) is 0 Å². The van der Waals surface area contributed by atoms with E-state index in [0.717, 1.165) is 0 Å². The van der Waals surface area contributed by atoms with Gasteiger partial charge in [-0.15, -0.1) is 0 Å². The second-order valence-corrected chi connectivity index (χ2v) is 7.07. The first kappa shape index (κ1) is 25.8. The van der Waals surface area contributed by atoms with Crippen molar-refractivity contribution < 1.29 is 44.7 Å². The second kappa shape index (κ2) is 11.3. The van der Waals surface area contributed by atoms with Gasteiger partial charge in [-0.05, 0) is 51.4 Å². The molecular formula is C16H24F6PRh-. The topological polar surface area (TPSA) is 0 Å². The first-order chi connectivity index (χ1) is 10.4. The zero-order chi connectivity index (χ0) is 17.7. The summed E-state index contributed by atoms with van der Waals surface area (Å²) in [6.07, 6.45) is 28.0. The Balaban J connectivity index is 0. The summed E-state index contributed by atoms with van der Waals surface area (Å²) in [6, 6.07) is 0. The summed E-state index contributed by atoms with van der Waals surface area (Å²) < 4.78 is 59.2. The van der Waals surface area contributed by atoms with Gasteiger partial charge in [0.2, 0.25) is 0 Å². The molecule has 0 saturated carbocycles. The van der Waals surface area contributed by atoms with Crippen molar-refractivity contribution in [1.29, 1.82) is 0 Å². The molecule has 8 heteroatoms. The van der Waals surface area contributed by atoms with Crippen LogP contribution in [0.15, 0.2) is 48.6 Å². The van der Waals surface area contributed by atoms with Crippen molar-refractivity contribution in [2.24, 2.45) is 0 Å². The van der Waals surface area contributed by atoms with E-state index in [9.17, 15) is 25.2 Å². The average Bonchev–Trinajstić information content (AvgIpc) is 2.22. The van der Waals surface area contributed by atoms with Gasteiger partial charge in [0.1, 0.15) is 0 Å². The van der Waals surface area contributed by atoms with E-state index < -0.39 is 7.81 Å². The SMILES string of the molecule is C1=CCCC=CCC1.C1=CCCC=CCC1.F[P-](F)(F)(F)(F)F.[Rh]. The molecule has 2 aliphatic carbocycles. The number of hydrogen-bond acceptors (Lipinski definition) is 0. The van der Waals surface area contributed by atoms with E-state index in [4.69, 9.17) is 0 Å². The molecule has 0 heterocycles. The van der Waals surface area contributed by atoms with E-state index in [-0.39, 0.29) is 19.5 Å². The van der Waals surface area contributed by atoms with Gasteiger partial charge in [0.15, 0.2) is 0 Å². The van der Waals surface area contributed by atoms with Crippen LogP contribution in [-0.4, -0.2) is 0 Å². The minimum Gasteiger partial charge on any atom is 0 e. The molecule has 0 atom stereocenters. The maximum absolute atomic E-state index is 10.7. The van der Waals surface area contributed by atoms with Crippen molar-refractivity contribution in [2.45, 2.75) is 51.4 Å². The van der Waals surface area contributed by atoms with Gasteiger partial charge in [-0.1, -0.05) is 48.6 Å².